The highest BCUT2D eigenvalue weighted by atomic mass is 35.5. The van der Waals surface area contributed by atoms with E-state index < -0.39 is 0 Å². The zero-order valence-electron chi connectivity index (χ0n) is 6.84. The zero-order valence-corrected chi connectivity index (χ0v) is 7.60. The lowest BCUT2D eigenvalue weighted by Gasteiger charge is -2.07. The first kappa shape index (κ1) is 8.62. The van der Waals surface area contributed by atoms with Crippen molar-refractivity contribution in [3.05, 3.63) is 23.0 Å². The Labute approximate surface area is 72.0 Å². The summed E-state index contributed by atoms with van der Waals surface area (Å²) in [5, 5.41) is 0.764. The normalized spacial score (nSPS) is 11.0. The first-order valence-corrected chi connectivity index (χ1v) is 4.09. The molecule has 1 rings (SSSR count). The Bertz CT molecular complexity index is 240. The molecule has 0 fully saturated rings. The van der Waals surface area contributed by atoms with Crippen molar-refractivity contribution in [1.29, 1.82) is 0 Å². The molecule has 11 heavy (non-hydrogen) atoms. The molecular weight excluding hydrogens is 160 g/mol. The lowest BCUT2D eigenvalue weighted by atomic mass is 10.3. The van der Waals surface area contributed by atoms with Gasteiger partial charge in [-0.2, -0.15) is 0 Å². The van der Waals surface area contributed by atoms with Crippen molar-refractivity contribution in [2.24, 2.45) is 5.73 Å². The van der Waals surface area contributed by atoms with Gasteiger partial charge in [0.25, 0.3) is 0 Å². The van der Waals surface area contributed by atoms with Gasteiger partial charge in [-0.3, -0.25) is 0 Å². The van der Waals surface area contributed by atoms with E-state index in [0.717, 1.165) is 10.7 Å². The van der Waals surface area contributed by atoms with Gasteiger partial charge in [0.1, 0.15) is 5.15 Å². The van der Waals surface area contributed by atoms with Crippen molar-refractivity contribution in [1.82, 2.24) is 4.57 Å². The van der Waals surface area contributed by atoms with Crippen molar-refractivity contribution in [3.8, 4) is 0 Å². The summed E-state index contributed by atoms with van der Waals surface area (Å²) in [5.41, 5.74) is 6.55. The maximum Gasteiger partial charge on any atom is 0.109 e. The Kier molecular flexibility index (Phi) is 2.58. The van der Waals surface area contributed by atoms with E-state index in [9.17, 15) is 0 Å². The molecule has 0 aliphatic rings. The van der Waals surface area contributed by atoms with E-state index in [0.29, 0.717) is 12.6 Å². The molecule has 0 saturated heterocycles. The highest BCUT2D eigenvalue weighted by Crippen LogP contribution is 2.18. The second kappa shape index (κ2) is 3.28. The van der Waals surface area contributed by atoms with Gasteiger partial charge in [0.15, 0.2) is 0 Å². The van der Waals surface area contributed by atoms with E-state index in [2.05, 4.69) is 13.8 Å². The Morgan fingerprint density at radius 2 is 2.27 bits per heavy atom. The fourth-order valence-electron chi connectivity index (χ4n) is 1.01. The van der Waals surface area contributed by atoms with Crippen LogP contribution in [-0.2, 0) is 6.54 Å². The predicted octanol–water partition coefficient (Wildman–Crippen LogP) is 2.18. The first-order valence-electron chi connectivity index (χ1n) is 3.71. The summed E-state index contributed by atoms with van der Waals surface area (Å²) in [5.74, 6) is 0. The number of hydrogen-bond acceptors (Lipinski definition) is 1. The second-order valence-corrected chi connectivity index (χ2v) is 3.26. The first-order chi connectivity index (χ1) is 5.15. The van der Waals surface area contributed by atoms with Crippen LogP contribution in [0.4, 0.5) is 0 Å². The molecule has 0 aromatic carbocycles. The lowest BCUT2D eigenvalue weighted by Crippen LogP contribution is -1.99. The van der Waals surface area contributed by atoms with E-state index in [1.165, 1.54) is 0 Å². The Morgan fingerprint density at radius 1 is 1.64 bits per heavy atom. The third kappa shape index (κ3) is 1.76. The fourth-order valence-corrected chi connectivity index (χ4v) is 1.40. The van der Waals surface area contributed by atoms with Gasteiger partial charge in [-0.1, -0.05) is 11.6 Å². The number of hydrogen-bond donors (Lipinski definition) is 1. The number of halogens is 1. The van der Waals surface area contributed by atoms with Crippen molar-refractivity contribution in [2.75, 3.05) is 0 Å². The van der Waals surface area contributed by atoms with Crippen molar-refractivity contribution >= 4 is 11.6 Å². The molecule has 62 valence electrons. The van der Waals surface area contributed by atoms with Crippen LogP contribution in [0.25, 0.3) is 0 Å². The summed E-state index contributed by atoms with van der Waals surface area (Å²) in [6, 6.07) is 2.31. The van der Waals surface area contributed by atoms with E-state index in [4.69, 9.17) is 17.3 Å². The van der Waals surface area contributed by atoms with Crippen LogP contribution in [0.5, 0.6) is 0 Å². The van der Waals surface area contributed by atoms with Crippen LogP contribution in [-0.4, -0.2) is 4.57 Å². The maximum atomic E-state index is 5.93. The molecule has 0 spiro atoms. The van der Waals surface area contributed by atoms with Gasteiger partial charge in [-0.05, 0) is 25.5 Å². The van der Waals surface area contributed by atoms with E-state index in [-0.39, 0.29) is 0 Å². The molecule has 0 aliphatic carbocycles. The summed E-state index contributed by atoms with van der Waals surface area (Å²) in [7, 11) is 0. The summed E-state index contributed by atoms with van der Waals surface area (Å²) >= 11 is 5.93. The topological polar surface area (TPSA) is 30.9 Å². The monoisotopic (exact) mass is 172 g/mol. The van der Waals surface area contributed by atoms with Gasteiger partial charge >= 0.3 is 0 Å². The van der Waals surface area contributed by atoms with Crippen LogP contribution in [0.15, 0.2) is 12.3 Å². The minimum absolute atomic E-state index is 0.405. The number of nitrogens with two attached hydrogens (primary N) is 1. The highest BCUT2D eigenvalue weighted by Gasteiger charge is 2.04. The predicted molar refractivity (Wildman–Crippen MR) is 47.7 cm³/mol. The molecule has 0 saturated carbocycles. The Morgan fingerprint density at radius 3 is 2.55 bits per heavy atom. The van der Waals surface area contributed by atoms with Gasteiger partial charge in [-0.25, -0.2) is 0 Å². The molecular formula is C8H13ClN2. The van der Waals surface area contributed by atoms with Crippen LogP contribution >= 0.6 is 11.6 Å². The SMILES string of the molecule is CC(C)n1cc(CN)cc1Cl. The Balaban J connectivity index is 2.97. The van der Waals surface area contributed by atoms with Crippen LogP contribution in [0, 0.1) is 0 Å². The second-order valence-electron chi connectivity index (χ2n) is 2.88. The van der Waals surface area contributed by atoms with Gasteiger partial charge in [-0.15, -0.1) is 0 Å². The molecule has 0 bridgehead atoms. The third-order valence-corrected chi connectivity index (χ3v) is 1.95. The molecule has 0 atom stereocenters. The van der Waals surface area contributed by atoms with E-state index in [1.807, 2.05) is 16.8 Å². The molecule has 0 unspecified atom stereocenters. The molecule has 0 amide bonds. The molecule has 2 N–H and O–H groups in total. The Hall–Kier alpha value is -0.470. The summed E-state index contributed by atoms with van der Waals surface area (Å²) in [6.07, 6.45) is 1.99. The van der Waals surface area contributed by atoms with Crippen LogP contribution in [0.3, 0.4) is 0 Å². The largest absolute Gasteiger partial charge is 0.336 e. The number of nitrogens with zero attached hydrogens (tertiary/aromatic N) is 1. The number of aromatic nitrogens is 1. The van der Waals surface area contributed by atoms with Crippen molar-refractivity contribution < 1.29 is 0 Å². The average molecular weight is 173 g/mol. The third-order valence-electron chi connectivity index (χ3n) is 1.65. The van der Waals surface area contributed by atoms with Gasteiger partial charge in [0.05, 0.1) is 0 Å². The minimum Gasteiger partial charge on any atom is -0.336 e. The van der Waals surface area contributed by atoms with Gasteiger partial charge in [0.2, 0.25) is 0 Å². The summed E-state index contributed by atoms with van der Waals surface area (Å²) < 4.78 is 2.00. The summed E-state index contributed by atoms with van der Waals surface area (Å²) in [6.45, 7) is 4.73. The fraction of sp³-hybridized carbons (Fsp3) is 0.500. The van der Waals surface area contributed by atoms with Crippen LogP contribution < -0.4 is 5.73 Å². The van der Waals surface area contributed by atoms with E-state index in [1.54, 1.807) is 0 Å². The van der Waals surface area contributed by atoms with Crippen LogP contribution in [0.1, 0.15) is 25.5 Å². The molecule has 0 aliphatic heterocycles. The quantitative estimate of drug-likeness (QED) is 0.729. The maximum absolute atomic E-state index is 5.93. The molecule has 0 radical (unpaired) electrons. The smallest absolute Gasteiger partial charge is 0.109 e. The molecule has 1 aromatic heterocycles. The van der Waals surface area contributed by atoms with Gasteiger partial charge < -0.3 is 10.3 Å². The van der Waals surface area contributed by atoms with Crippen LogP contribution in [0.2, 0.25) is 5.15 Å². The highest BCUT2D eigenvalue weighted by molar-refractivity contribution is 6.29. The lowest BCUT2D eigenvalue weighted by molar-refractivity contribution is 0.603. The van der Waals surface area contributed by atoms with Crippen molar-refractivity contribution in [3.63, 3.8) is 0 Å². The average Bonchev–Trinajstić information content (AvgIpc) is 2.30. The summed E-state index contributed by atoms with van der Waals surface area (Å²) in [4.78, 5) is 0. The standard InChI is InChI=1S/C8H13ClN2/c1-6(2)11-5-7(4-10)3-8(11)9/h3,5-6H,4,10H2,1-2H3. The number of rotatable bonds is 2. The molecule has 1 heterocycles. The van der Waals surface area contributed by atoms with Gasteiger partial charge in [0, 0.05) is 18.8 Å². The van der Waals surface area contributed by atoms with E-state index >= 15 is 0 Å². The molecule has 3 heteroatoms. The minimum atomic E-state index is 0.405. The zero-order chi connectivity index (χ0) is 8.43. The van der Waals surface area contributed by atoms with Crippen molar-refractivity contribution in [2.45, 2.75) is 26.4 Å². The molecule has 1 aromatic rings. The molecule has 2 nitrogen and oxygen atoms in total.